The number of alkyl halides is 3. The molecular weight excluding hydrogens is 327 g/mol. The molecule has 1 saturated heterocycles. The lowest BCUT2D eigenvalue weighted by Crippen LogP contribution is -2.44. The first kappa shape index (κ1) is 17.9. The minimum absolute atomic E-state index is 0.184. The fraction of sp³-hybridized carbons (Fsp3) is 0.438. The normalized spacial score (nSPS) is 18.1. The summed E-state index contributed by atoms with van der Waals surface area (Å²) < 4.78 is 37.3. The van der Waals surface area contributed by atoms with E-state index in [1.807, 2.05) is 0 Å². The van der Waals surface area contributed by atoms with Gasteiger partial charge in [-0.3, -0.25) is 4.79 Å². The minimum atomic E-state index is -4.37. The van der Waals surface area contributed by atoms with Gasteiger partial charge in [-0.25, -0.2) is 0 Å². The van der Waals surface area contributed by atoms with Crippen LogP contribution < -0.4 is 5.32 Å². The van der Waals surface area contributed by atoms with Crippen LogP contribution >= 0.6 is 11.8 Å². The number of carbonyl (C=O) groups excluding carboxylic acids is 1. The zero-order chi connectivity index (χ0) is 16.9. The van der Waals surface area contributed by atoms with Crippen LogP contribution in [0.5, 0.6) is 0 Å². The van der Waals surface area contributed by atoms with E-state index in [1.54, 1.807) is 11.8 Å². The summed E-state index contributed by atoms with van der Waals surface area (Å²) in [7, 11) is 0. The number of halogens is 3. The van der Waals surface area contributed by atoms with E-state index in [1.165, 1.54) is 24.3 Å². The average Bonchev–Trinajstić information content (AvgIpc) is 2.51. The Morgan fingerprint density at radius 3 is 2.43 bits per heavy atom. The van der Waals surface area contributed by atoms with E-state index in [4.69, 9.17) is 0 Å². The molecular formula is C16H18F3NO2S. The quantitative estimate of drug-likeness (QED) is 0.825. The molecule has 0 aliphatic carbocycles. The fourth-order valence-electron chi connectivity index (χ4n) is 2.19. The van der Waals surface area contributed by atoms with Gasteiger partial charge in [0.2, 0.25) is 5.91 Å². The van der Waals surface area contributed by atoms with Crippen molar-refractivity contribution in [3.8, 4) is 0 Å². The SMILES string of the molecule is O=C(C=Cc1ccc(C(F)(F)F)cc1)NCC1(O)CCSCC1. The Morgan fingerprint density at radius 2 is 1.87 bits per heavy atom. The Hall–Kier alpha value is -1.47. The predicted molar refractivity (Wildman–Crippen MR) is 85.0 cm³/mol. The van der Waals surface area contributed by atoms with Crippen molar-refractivity contribution in [2.24, 2.45) is 0 Å². The lowest BCUT2D eigenvalue weighted by molar-refractivity contribution is -0.137. The standard InChI is InChI=1S/C16H18F3NO2S/c17-16(18,19)13-4-1-12(2-5-13)3-6-14(21)20-11-15(22)7-9-23-10-8-15/h1-6,22H,7-11H2,(H,20,21). The van der Waals surface area contributed by atoms with Gasteiger partial charge >= 0.3 is 6.18 Å². The molecule has 0 bridgehead atoms. The van der Waals surface area contributed by atoms with Crippen molar-refractivity contribution in [3.63, 3.8) is 0 Å². The summed E-state index contributed by atoms with van der Waals surface area (Å²) in [4.78, 5) is 11.7. The van der Waals surface area contributed by atoms with Gasteiger partial charge in [0.05, 0.1) is 11.2 Å². The predicted octanol–water partition coefficient (Wildman–Crippen LogP) is 3.09. The molecule has 3 nitrogen and oxygen atoms in total. The third kappa shape index (κ3) is 5.58. The second-order valence-corrected chi connectivity index (χ2v) is 6.73. The van der Waals surface area contributed by atoms with E-state index in [9.17, 15) is 23.1 Å². The van der Waals surface area contributed by atoms with E-state index in [0.29, 0.717) is 18.4 Å². The topological polar surface area (TPSA) is 49.3 Å². The summed E-state index contributed by atoms with van der Waals surface area (Å²) >= 11 is 1.78. The number of thioether (sulfide) groups is 1. The van der Waals surface area contributed by atoms with Crippen molar-refractivity contribution < 1.29 is 23.1 Å². The molecule has 0 unspecified atom stereocenters. The number of nitrogens with one attached hydrogen (secondary N) is 1. The zero-order valence-electron chi connectivity index (χ0n) is 12.4. The van der Waals surface area contributed by atoms with E-state index in [0.717, 1.165) is 23.6 Å². The van der Waals surface area contributed by atoms with Crippen molar-refractivity contribution >= 4 is 23.7 Å². The van der Waals surface area contributed by atoms with E-state index >= 15 is 0 Å². The van der Waals surface area contributed by atoms with Crippen LogP contribution in [0.1, 0.15) is 24.0 Å². The minimum Gasteiger partial charge on any atom is -0.388 e. The highest BCUT2D eigenvalue weighted by Gasteiger charge is 2.30. The van der Waals surface area contributed by atoms with Crippen LogP contribution in [0, 0.1) is 0 Å². The third-order valence-corrected chi connectivity index (χ3v) is 4.67. The number of rotatable bonds is 4. The Bertz CT molecular complexity index is 564. The van der Waals surface area contributed by atoms with Crippen LogP contribution in [-0.4, -0.2) is 34.7 Å². The van der Waals surface area contributed by atoms with Gasteiger partial charge in [-0.15, -0.1) is 0 Å². The highest BCUT2D eigenvalue weighted by atomic mass is 32.2. The van der Waals surface area contributed by atoms with Gasteiger partial charge in [0.15, 0.2) is 0 Å². The Balaban J connectivity index is 1.86. The number of hydrogen-bond acceptors (Lipinski definition) is 3. The van der Waals surface area contributed by atoms with Gasteiger partial charge in [-0.05, 0) is 48.1 Å². The summed E-state index contributed by atoms with van der Waals surface area (Å²) in [5, 5.41) is 12.9. The molecule has 0 atom stereocenters. The molecule has 1 aromatic carbocycles. The molecule has 1 heterocycles. The fourth-order valence-corrected chi connectivity index (χ4v) is 3.45. The van der Waals surface area contributed by atoms with Crippen molar-refractivity contribution in [3.05, 3.63) is 41.5 Å². The summed E-state index contributed by atoms with van der Waals surface area (Å²) in [5.74, 6) is 1.36. The highest BCUT2D eigenvalue weighted by molar-refractivity contribution is 7.99. The van der Waals surface area contributed by atoms with Crippen LogP contribution in [0.15, 0.2) is 30.3 Å². The Labute approximate surface area is 137 Å². The molecule has 0 radical (unpaired) electrons. The van der Waals surface area contributed by atoms with Gasteiger partial charge < -0.3 is 10.4 Å². The molecule has 1 amide bonds. The van der Waals surface area contributed by atoms with Crippen molar-refractivity contribution in [1.82, 2.24) is 5.32 Å². The summed E-state index contributed by atoms with van der Waals surface area (Å²) in [5.41, 5.74) is -1.08. The molecule has 1 aliphatic rings. The molecule has 23 heavy (non-hydrogen) atoms. The number of amides is 1. The highest BCUT2D eigenvalue weighted by Crippen LogP contribution is 2.29. The van der Waals surface area contributed by atoms with Crippen LogP contribution in [0.3, 0.4) is 0 Å². The van der Waals surface area contributed by atoms with Gasteiger partial charge in [-0.1, -0.05) is 12.1 Å². The molecule has 126 valence electrons. The first-order chi connectivity index (χ1) is 10.8. The summed E-state index contributed by atoms with van der Waals surface area (Å²) in [6, 6.07) is 4.55. The maximum absolute atomic E-state index is 12.4. The number of aliphatic hydroxyl groups is 1. The molecule has 0 aromatic heterocycles. The van der Waals surface area contributed by atoms with Crippen LogP contribution in [0.2, 0.25) is 0 Å². The summed E-state index contributed by atoms with van der Waals surface area (Å²) in [6.07, 6.45) is -0.395. The number of carbonyl (C=O) groups is 1. The molecule has 1 fully saturated rings. The molecule has 0 spiro atoms. The van der Waals surface area contributed by atoms with Gasteiger partial charge in [0, 0.05) is 12.6 Å². The number of hydrogen-bond donors (Lipinski definition) is 2. The maximum atomic E-state index is 12.4. The largest absolute Gasteiger partial charge is 0.416 e. The molecule has 7 heteroatoms. The second kappa shape index (κ2) is 7.40. The van der Waals surface area contributed by atoms with Crippen molar-refractivity contribution in [2.45, 2.75) is 24.6 Å². The van der Waals surface area contributed by atoms with Gasteiger partial charge in [0.1, 0.15) is 0 Å². The molecule has 0 saturated carbocycles. The average molecular weight is 345 g/mol. The van der Waals surface area contributed by atoms with Crippen molar-refractivity contribution in [1.29, 1.82) is 0 Å². The monoisotopic (exact) mass is 345 g/mol. The van der Waals surface area contributed by atoms with Crippen LogP contribution in [0.4, 0.5) is 13.2 Å². The van der Waals surface area contributed by atoms with E-state index in [2.05, 4.69) is 5.32 Å². The summed E-state index contributed by atoms with van der Waals surface area (Å²) in [6.45, 7) is 0.184. The molecule has 2 rings (SSSR count). The van der Waals surface area contributed by atoms with Crippen LogP contribution in [0.25, 0.3) is 6.08 Å². The Morgan fingerprint density at radius 1 is 1.26 bits per heavy atom. The zero-order valence-corrected chi connectivity index (χ0v) is 13.2. The lowest BCUT2D eigenvalue weighted by atomic mass is 9.97. The van der Waals surface area contributed by atoms with Crippen molar-refractivity contribution in [2.75, 3.05) is 18.1 Å². The van der Waals surface area contributed by atoms with Gasteiger partial charge in [-0.2, -0.15) is 24.9 Å². The third-order valence-electron chi connectivity index (χ3n) is 3.68. The number of benzene rings is 1. The van der Waals surface area contributed by atoms with E-state index in [-0.39, 0.29) is 12.5 Å². The first-order valence-corrected chi connectivity index (χ1v) is 8.37. The smallest absolute Gasteiger partial charge is 0.388 e. The molecule has 1 aliphatic heterocycles. The molecule has 2 N–H and O–H groups in total. The van der Waals surface area contributed by atoms with Gasteiger partial charge in [0.25, 0.3) is 0 Å². The Kier molecular flexibility index (Phi) is 5.75. The van der Waals surface area contributed by atoms with Crippen LogP contribution in [-0.2, 0) is 11.0 Å². The van der Waals surface area contributed by atoms with E-state index < -0.39 is 17.3 Å². The first-order valence-electron chi connectivity index (χ1n) is 7.22. The maximum Gasteiger partial charge on any atom is 0.416 e. The second-order valence-electron chi connectivity index (χ2n) is 5.51. The molecule has 1 aromatic rings. The lowest BCUT2D eigenvalue weighted by Gasteiger charge is -2.31.